The summed E-state index contributed by atoms with van der Waals surface area (Å²) in [6.07, 6.45) is 3.69. The van der Waals surface area contributed by atoms with Gasteiger partial charge in [-0.05, 0) is 30.9 Å². The molecule has 1 aliphatic carbocycles. The molecule has 1 aliphatic rings. The molecule has 0 spiro atoms. The summed E-state index contributed by atoms with van der Waals surface area (Å²) < 4.78 is 5.38. The van der Waals surface area contributed by atoms with Crippen LogP contribution in [0.25, 0.3) is 0 Å². The standard InChI is InChI=1S/C10H15NO2/c11-10(7-2-1-3-7)9-5-4-8(6-12)13-9/h4-5,7,10,12H,1-3,6,11H2/t10-/m0/s1. The third-order valence-electron chi connectivity index (χ3n) is 2.82. The molecule has 1 aromatic heterocycles. The van der Waals surface area contributed by atoms with Crippen LogP contribution in [0.15, 0.2) is 16.5 Å². The summed E-state index contributed by atoms with van der Waals surface area (Å²) in [5.74, 6) is 2.00. The highest BCUT2D eigenvalue weighted by molar-refractivity contribution is 5.11. The van der Waals surface area contributed by atoms with Gasteiger partial charge in [-0.2, -0.15) is 0 Å². The first-order valence-corrected chi connectivity index (χ1v) is 4.76. The average molecular weight is 181 g/mol. The third kappa shape index (κ3) is 1.62. The van der Waals surface area contributed by atoms with Crippen molar-refractivity contribution in [3.63, 3.8) is 0 Å². The highest BCUT2D eigenvalue weighted by atomic mass is 16.4. The van der Waals surface area contributed by atoms with Gasteiger partial charge < -0.3 is 15.3 Å². The second-order valence-corrected chi connectivity index (χ2v) is 3.68. The van der Waals surface area contributed by atoms with Crippen LogP contribution in [0.1, 0.15) is 36.8 Å². The monoisotopic (exact) mass is 181 g/mol. The van der Waals surface area contributed by atoms with Gasteiger partial charge in [0.25, 0.3) is 0 Å². The summed E-state index contributed by atoms with van der Waals surface area (Å²) in [6, 6.07) is 3.68. The van der Waals surface area contributed by atoms with Crippen molar-refractivity contribution in [3.05, 3.63) is 23.7 Å². The molecule has 0 amide bonds. The minimum absolute atomic E-state index is 0.0223. The lowest BCUT2D eigenvalue weighted by Gasteiger charge is -2.29. The van der Waals surface area contributed by atoms with E-state index in [2.05, 4.69) is 0 Å². The van der Waals surface area contributed by atoms with E-state index in [0.29, 0.717) is 11.7 Å². The second kappa shape index (κ2) is 3.52. The zero-order chi connectivity index (χ0) is 9.26. The lowest BCUT2D eigenvalue weighted by atomic mass is 9.79. The number of aliphatic hydroxyl groups excluding tert-OH is 1. The number of rotatable bonds is 3. The molecule has 3 heteroatoms. The predicted molar refractivity (Wildman–Crippen MR) is 48.9 cm³/mol. The van der Waals surface area contributed by atoms with Crippen molar-refractivity contribution in [1.29, 1.82) is 0 Å². The maximum Gasteiger partial charge on any atom is 0.129 e. The molecule has 0 aromatic carbocycles. The van der Waals surface area contributed by atoms with Crippen LogP contribution in [0.4, 0.5) is 0 Å². The van der Waals surface area contributed by atoms with Crippen molar-refractivity contribution in [2.45, 2.75) is 31.9 Å². The predicted octanol–water partition coefficient (Wildman–Crippen LogP) is 1.57. The van der Waals surface area contributed by atoms with Crippen LogP contribution in [0, 0.1) is 5.92 Å². The lowest BCUT2D eigenvalue weighted by Crippen LogP contribution is -2.26. The van der Waals surface area contributed by atoms with E-state index in [1.165, 1.54) is 19.3 Å². The van der Waals surface area contributed by atoms with E-state index in [1.807, 2.05) is 6.07 Å². The highest BCUT2D eigenvalue weighted by Gasteiger charge is 2.27. The Kier molecular flexibility index (Phi) is 2.38. The molecule has 0 radical (unpaired) electrons. The van der Waals surface area contributed by atoms with Gasteiger partial charge in [0.2, 0.25) is 0 Å². The van der Waals surface area contributed by atoms with Gasteiger partial charge >= 0.3 is 0 Å². The molecule has 1 atom stereocenters. The molecule has 3 nitrogen and oxygen atoms in total. The first-order chi connectivity index (χ1) is 6.31. The van der Waals surface area contributed by atoms with Gasteiger partial charge in [0.1, 0.15) is 18.1 Å². The van der Waals surface area contributed by atoms with Gasteiger partial charge in [0, 0.05) is 0 Å². The van der Waals surface area contributed by atoms with Gasteiger partial charge in [0.05, 0.1) is 6.04 Å². The summed E-state index contributed by atoms with van der Waals surface area (Å²) in [6.45, 7) is -0.0443. The van der Waals surface area contributed by atoms with E-state index in [-0.39, 0.29) is 12.6 Å². The van der Waals surface area contributed by atoms with Gasteiger partial charge in [0.15, 0.2) is 0 Å². The maximum absolute atomic E-state index is 8.81. The molecular weight excluding hydrogens is 166 g/mol. The van der Waals surface area contributed by atoms with E-state index in [0.717, 1.165) is 5.76 Å². The minimum atomic E-state index is -0.0443. The molecule has 1 fully saturated rings. The number of aliphatic hydroxyl groups is 1. The fourth-order valence-electron chi connectivity index (χ4n) is 1.69. The van der Waals surface area contributed by atoms with Crippen molar-refractivity contribution in [2.75, 3.05) is 0 Å². The van der Waals surface area contributed by atoms with Crippen LogP contribution < -0.4 is 5.73 Å². The van der Waals surface area contributed by atoms with Crippen molar-refractivity contribution < 1.29 is 9.52 Å². The molecule has 0 bridgehead atoms. The molecule has 2 rings (SSSR count). The van der Waals surface area contributed by atoms with Gasteiger partial charge in [-0.3, -0.25) is 0 Å². The van der Waals surface area contributed by atoms with E-state index in [4.69, 9.17) is 15.3 Å². The molecule has 1 aromatic rings. The van der Waals surface area contributed by atoms with Crippen LogP contribution in [-0.4, -0.2) is 5.11 Å². The zero-order valence-electron chi connectivity index (χ0n) is 7.57. The Morgan fingerprint density at radius 2 is 2.31 bits per heavy atom. The lowest BCUT2D eigenvalue weighted by molar-refractivity contribution is 0.216. The number of hydrogen-bond donors (Lipinski definition) is 2. The third-order valence-corrected chi connectivity index (χ3v) is 2.82. The molecule has 1 heterocycles. The molecule has 1 saturated carbocycles. The average Bonchev–Trinajstić information content (AvgIpc) is 2.48. The SMILES string of the molecule is N[C@H](c1ccc(CO)o1)C1CCC1. The van der Waals surface area contributed by atoms with Crippen LogP contribution in [0.2, 0.25) is 0 Å². The number of furan rings is 1. The first-order valence-electron chi connectivity index (χ1n) is 4.76. The Balaban J connectivity index is 2.05. The van der Waals surface area contributed by atoms with Crippen molar-refractivity contribution in [2.24, 2.45) is 11.7 Å². The molecule has 0 saturated heterocycles. The topological polar surface area (TPSA) is 59.4 Å². The number of hydrogen-bond acceptors (Lipinski definition) is 3. The van der Waals surface area contributed by atoms with Crippen molar-refractivity contribution >= 4 is 0 Å². The molecular formula is C10H15NO2. The minimum Gasteiger partial charge on any atom is -0.462 e. The van der Waals surface area contributed by atoms with Crippen LogP contribution in [0.3, 0.4) is 0 Å². The van der Waals surface area contributed by atoms with Crippen molar-refractivity contribution in [1.82, 2.24) is 0 Å². The van der Waals surface area contributed by atoms with E-state index >= 15 is 0 Å². The summed E-state index contributed by atoms with van der Waals surface area (Å²) in [5.41, 5.74) is 5.99. The maximum atomic E-state index is 8.81. The summed E-state index contributed by atoms with van der Waals surface area (Å²) in [7, 11) is 0. The Labute approximate surface area is 77.5 Å². The Hall–Kier alpha value is -0.800. The van der Waals surface area contributed by atoms with Gasteiger partial charge in [-0.1, -0.05) is 6.42 Å². The summed E-state index contributed by atoms with van der Waals surface area (Å²) in [5, 5.41) is 8.81. The Morgan fingerprint density at radius 1 is 1.54 bits per heavy atom. The normalized spacial score (nSPS) is 19.8. The summed E-state index contributed by atoms with van der Waals surface area (Å²) in [4.78, 5) is 0. The van der Waals surface area contributed by atoms with Gasteiger partial charge in [-0.15, -0.1) is 0 Å². The van der Waals surface area contributed by atoms with Crippen LogP contribution >= 0.6 is 0 Å². The largest absolute Gasteiger partial charge is 0.462 e. The summed E-state index contributed by atoms with van der Waals surface area (Å²) >= 11 is 0. The smallest absolute Gasteiger partial charge is 0.129 e. The Bertz CT molecular complexity index is 278. The molecule has 0 aliphatic heterocycles. The van der Waals surface area contributed by atoms with Gasteiger partial charge in [-0.25, -0.2) is 0 Å². The number of nitrogens with two attached hydrogens (primary N) is 1. The van der Waals surface area contributed by atoms with Crippen LogP contribution in [0.5, 0.6) is 0 Å². The van der Waals surface area contributed by atoms with E-state index in [9.17, 15) is 0 Å². The highest BCUT2D eigenvalue weighted by Crippen LogP contribution is 2.36. The quantitative estimate of drug-likeness (QED) is 0.744. The fourth-order valence-corrected chi connectivity index (χ4v) is 1.69. The first kappa shape index (κ1) is 8.78. The fraction of sp³-hybridized carbons (Fsp3) is 0.600. The molecule has 72 valence electrons. The van der Waals surface area contributed by atoms with E-state index < -0.39 is 0 Å². The van der Waals surface area contributed by atoms with Crippen molar-refractivity contribution in [3.8, 4) is 0 Å². The zero-order valence-corrected chi connectivity index (χ0v) is 7.57. The Morgan fingerprint density at radius 3 is 2.77 bits per heavy atom. The van der Waals surface area contributed by atoms with E-state index in [1.54, 1.807) is 6.07 Å². The molecule has 13 heavy (non-hydrogen) atoms. The molecule has 0 unspecified atom stereocenters. The second-order valence-electron chi connectivity index (χ2n) is 3.68. The van der Waals surface area contributed by atoms with Crippen LogP contribution in [-0.2, 0) is 6.61 Å². The molecule has 3 N–H and O–H groups in total.